The van der Waals surface area contributed by atoms with Gasteiger partial charge in [-0.2, -0.15) is 12.7 Å². The predicted octanol–water partition coefficient (Wildman–Crippen LogP) is 1.85. The van der Waals surface area contributed by atoms with Gasteiger partial charge in [0.05, 0.1) is 18.7 Å². The number of piperidine rings is 1. The number of aromatic nitrogens is 3. The highest BCUT2D eigenvalue weighted by molar-refractivity contribution is 7.87. The second kappa shape index (κ2) is 7.55. The number of carbonyl (C=O) groups excluding carboxylic acids is 1. The first kappa shape index (κ1) is 20.3. The number of fused-ring (bicyclic) bond motifs is 1. The number of rotatable bonds is 4. The minimum Gasteiger partial charge on any atom is -0.497 e. The predicted molar refractivity (Wildman–Crippen MR) is 102 cm³/mol. The Morgan fingerprint density at radius 3 is 2.54 bits per heavy atom. The molecule has 0 aliphatic carbocycles. The molecule has 154 valence electrons. The maximum absolute atomic E-state index is 12.4. The van der Waals surface area contributed by atoms with Gasteiger partial charge in [-0.3, -0.25) is 0 Å². The molecule has 1 aromatic heterocycles. The van der Waals surface area contributed by atoms with Crippen LogP contribution in [0.5, 0.6) is 5.75 Å². The average Bonchev–Trinajstić information content (AvgIpc) is 3.02. The zero-order valence-corrected chi connectivity index (χ0v) is 17.2. The van der Waals surface area contributed by atoms with Crippen LogP contribution in [0.15, 0.2) is 18.2 Å². The number of nitrogens with one attached hydrogen (secondary N) is 1. The Bertz CT molecular complexity index is 958. The minimum atomic E-state index is -3.95. The molecule has 1 N–H and O–H groups in total. The zero-order valence-electron chi connectivity index (χ0n) is 16.4. The smallest absolute Gasteiger partial charge is 0.422 e. The molecule has 1 aliphatic rings. The summed E-state index contributed by atoms with van der Waals surface area (Å²) in [6.07, 6.45) is 0.130. The van der Waals surface area contributed by atoms with Crippen LogP contribution in [0.3, 0.4) is 0 Å². The lowest BCUT2D eigenvalue weighted by atomic mass is 10.1. The molecule has 0 atom stereocenters. The number of benzene rings is 1. The molecule has 0 saturated carbocycles. The number of nitrogens with zero attached hydrogens (tertiary/aromatic N) is 4. The van der Waals surface area contributed by atoms with Crippen LogP contribution < -0.4 is 9.46 Å². The van der Waals surface area contributed by atoms with Crippen molar-refractivity contribution >= 4 is 27.3 Å². The van der Waals surface area contributed by atoms with E-state index >= 15 is 0 Å². The summed E-state index contributed by atoms with van der Waals surface area (Å²) in [5, 5.41) is 8.39. The van der Waals surface area contributed by atoms with Crippen molar-refractivity contribution < 1.29 is 22.7 Å². The molecule has 1 aromatic carbocycles. The highest BCUT2D eigenvalue weighted by Crippen LogP contribution is 2.27. The first-order valence-electron chi connectivity index (χ1n) is 8.99. The van der Waals surface area contributed by atoms with Crippen molar-refractivity contribution in [1.82, 2.24) is 24.0 Å². The van der Waals surface area contributed by atoms with Gasteiger partial charge in [0.1, 0.15) is 16.9 Å². The third-order valence-corrected chi connectivity index (χ3v) is 5.87. The summed E-state index contributed by atoms with van der Waals surface area (Å²) < 4.78 is 40.1. The van der Waals surface area contributed by atoms with Gasteiger partial charge in [0.15, 0.2) is 0 Å². The van der Waals surface area contributed by atoms with Crippen molar-refractivity contribution in [3.63, 3.8) is 0 Å². The van der Waals surface area contributed by atoms with Crippen LogP contribution in [0, 0.1) is 0 Å². The van der Waals surface area contributed by atoms with Crippen molar-refractivity contribution in [2.75, 3.05) is 20.2 Å². The minimum absolute atomic E-state index is 0.0198. The van der Waals surface area contributed by atoms with Crippen molar-refractivity contribution in [1.29, 1.82) is 0 Å². The molecule has 1 amide bonds. The Labute approximate surface area is 164 Å². The highest BCUT2D eigenvalue weighted by Gasteiger charge is 2.32. The molecular weight excluding hydrogens is 386 g/mol. The van der Waals surface area contributed by atoms with E-state index in [1.54, 1.807) is 27.9 Å². The number of ether oxygens (including phenoxy) is 2. The van der Waals surface area contributed by atoms with E-state index in [2.05, 4.69) is 10.3 Å². The van der Waals surface area contributed by atoms with Crippen molar-refractivity contribution in [2.45, 2.75) is 45.3 Å². The monoisotopic (exact) mass is 411 g/mol. The van der Waals surface area contributed by atoms with E-state index < -0.39 is 21.9 Å². The number of hydrogen-bond acceptors (Lipinski definition) is 7. The molecule has 0 bridgehead atoms. The number of carbonyl (C=O) groups is 1. The SMILES string of the molecule is COc1ccc2c(c1)nnn2C1CCN(S(=O)(=O)NC(=O)OC(C)(C)C)CC1. The summed E-state index contributed by atoms with van der Waals surface area (Å²) in [5.41, 5.74) is 0.818. The lowest BCUT2D eigenvalue weighted by molar-refractivity contribution is 0.0566. The van der Waals surface area contributed by atoms with Crippen LogP contribution in [-0.2, 0) is 14.9 Å². The molecule has 1 saturated heterocycles. The van der Waals surface area contributed by atoms with Gasteiger partial charge in [-0.05, 0) is 45.7 Å². The second-order valence-corrected chi connectivity index (χ2v) is 9.30. The molecule has 11 heteroatoms. The molecular formula is C17H25N5O5S. The summed E-state index contributed by atoms with van der Waals surface area (Å²) in [7, 11) is -2.36. The van der Waals surface area contributed by atoms with Gasteiger partial charge in [0.2, 0.25) is 0 Å². The Morgan fingerprint density at radius 2 is 1.93 bits per heavy atom. The van der Waals surface area contributed by atoms with E-state index in [1.165, 1.54) is 4.31 Å². The van der Waals surface area contributed by atoms with Gasteiger partial charge in [0, 0.05) is 19.2 Å². The highest BCUT2D eigenvalue weighted by atomic mass is 32.2. The summed E-state index contributed by atoms with van der Waals surface area (Å²) >= 11 is 0. The number of hydrogen-bond donors (Lipinski definition) is 1. The molecule has 10 nitrogen and oxygen atoms in total. The van der Waals surface area contributed by atoms with E-state index in [0.717, 1.165) is 11.0 Å². The van der Waals surface area contributed by atoms with E-state index in [-0.39, 0.29) is 19.1 Å². The Balaban J connectivity index is 1.65. The molecule has 28 heavy (non-hydrogen) atoms. The quantitative estimate of drug-likeness (QED) is 0.816. The zero-order chi connectivity index (χ0) is 20.5. The van der Waals surface area contributed by atoms with Crippen molar-refractivity contribution in [3.05, 3.63) is 18.2 Å². The van der Waals surface area contributed by atoms with Crippen LogP contribution in [0.4, 0.5) is 4.79 Å². The van der Waals surface area contributed by atoms with Gasteiger partial charge in [-0.15, -0.1) is 5.10 Å². The van der Waals surface area contributed by atoms with Gasteiger partial charge in [-0.25, -0.2) is 14.2 Å². The lowest BCUT2D eigenvalue weighted by Gasteiger charge is -2.31. The topological polar surface area (TPSA) is 116 Å². The number of amides is 1. The van der Waals surface area contributed by atoms with Crippen LogP contribution in [0.1, 0.15) is 39.7 Å². The van der Waals surface area contributed by atoms with Crippen molar-refractivity contribution in [2.24, 2.45) is 0 Å². The Hall–Kier alpha value is -2.40. The molecule has 0 radical (unpaired) electrons. The van der Waals surface area contributed by atoms with Gasteiger partial charge >= 0.3 is 16.3 Å². The average molecular weight is 411 g/mol. The van der Waals surface area contributed by atoms with Crippen LogP contribution in [0.2, 0.25) is 0 Å². The third kappa shape index (κ3) is 4.53. The molecule has 0 spiro atoms. The fourth-order valence-corrected chi connectivity index (χ4v) is 4.19. The normalized spacial score (nSPS) is 16.9. The maximum atomic E-state index is 12.4. The molecule has 2 aromatic rings. The third-order valence-electron chi connectivity index (χ3n) is 4.40. The standard InChI is InChI=1S/C17H25N5O5S/c1-17(2,3)27-16(23)19-28(24,25)21-9-7-12(8-10-21)22-15-6-5-13(26-4)11-14(15)18-20-22/h5-6,11-12H,7-10H2,1-4H3,(H,19,23). The maximum Gasteiger partial charge on any atom is 0.422 e. The molecule has 1 fully saturated rings. The summed E-state index contributed by atoms with van der Waals surface area (Å²) in [4.78, 5) is 11.8. The lowest BCUT2D eigenvalue weighted by Crippen LogP contribution is -2.48. The van der Waals surface area contributed by atoms with Crippen LogP contribution in [-0.4, -0.2) is 59.6 Å². The van der Waals surface area contributed by atoms with Crippen LogP contribution in [0.25, 0.3) is 11.0 Å². The first-order chi connectivity index (χ1) is 13.1. The van der Waals surface area contributed by atoms with Crippen molar-refractivity contribution in [3.8, 4) is 5.75 Å². The van der Waals surface area contributed by atoms with Gasteiger partial charge in [0.25, 0.3) is 0 Å². The van der Waals surface area contributed by atoms with Gasteiger partial charge < -0.3 is 9.47 Å². The largest absolute Gasteiger partial charge is 0.497 e. The second-order valence-electron chi connectivity index (χ2n) is 7.63. The molecule has 3 rings (SSSR count). The van der Waals surface area contributed by atoms with E-state index in [9.17, 15) is 13.2 Å². The fourth-order valence-electron chi connectivity index (χ4n) is 3.11. The molecule has 2 heterocycles. The van der Waals surface area contributed by atoms with Crippen LogP contribution >= 0.6 is 0 Å². The van der Waals surface area contributed by atoms with E-state index in [0.29, 0.717) is 18.6 Å². The summed E-state index contributed by atoms with van der Waals surface area (Å²) in [6.45, 7) is 5.54. The molecule has 1 aliphatic heterocycles. The summed E-state index contributed by atoms with van der Waals surface area (Å²) in [5.74, 6) is 0.702. The Morgan fingerprint density at radius 1 is 1.25 bits per heavy atom. The van der Waals surface area contributed by atoms with E-state index in [4.69, 9.17) is 9.47 Å². The van der Waals surface area contributed by atoms with E-state index in [1.807, 2.05) is 27.6 Å². The summed E-state index contributed by atoms with van der Waals surface area (Å²) in [6, 6.07) is 5.56. The Kier molecular flexibility index (Phi) is 5.48. The van der Waals surface area contributed by atoms with Gasteiger partial charge in [-0.1, -0.05) is 5.21 Å². The fraction of sp³-hybridized carbons (Fsp3) is 0.588. The first-order valence-corrected chi connectivity index (χ1v) is 10.4. The number of methoxy groups -OCH3 is 1. The molecule has 0 unspecified atom stereocenters.